The van der Waals surface area contributed by atoms with E-state index in [2.05, 4.69) is 54.9 Å². The van der Waals surface area contributed by atoms with Crippen molar-refractivity contribution in [1.29, 1.82) is 0 Å². The van der Waals surface area contributed by atoms with Gasteiger partial charge in [-0.3, -0.25) is 29.5 Å². The van der Waals surface area contributed by atoms with Gasteiger partial charge in [-0.2, -0.15) is 18.3 Å². The van der Waals surface area contributed by atoms with Crippen LogP contribution in [0, 0.1) is 5.92 Å². The third-order valence-corrected chi connectivity index (χ3v) is 13.3. The molecule has 0 unspecified atom stereocenters. The molecule has 68 heavy (non-hydrogen) atoms. The molecule has 5 heterocycles. The van der Waals surface area contributed by atoms with Gasteiger partial charge in [-0.25, -0.2) is 9.48 Å². The van der Waals surface area contributed by atoms with E-state index in [0.29, 0.717) is 60.2 Å². The number of primary amides is 1. The number of amides is 5. The molecule has 4 aliphatic rings. The van der Waals surface area contributed by atoms with E-state index < -0.39 is 23.6 Å². The van der Waals surface area contributed by atoms with Crippen LogP contribution in [0.3, 0.4) is 0 Å². The number of carbonyl (C=O) groups excluding carboxylic acids is 4. The van der Waals surface area contributed by atoms with Crippen LogP contribution in [-0.4, -0.2) is 105 Å². The Morgan fingerprint density at radius 2 is 1.49 bits per heavy atom. The zero-order valence-electron chi connectivity index (χ0n) is 37.8. The van der Waals surface area contributed by atoms with Crippen molar-refractivity contribution in [3.8, 4) is 22.8 Å². The van der Waals surface area contributed by atoms with Gasteiger partial charge in [-0.15, -0.1) is 0 Å². The number of urea groups is 1. The summed E-state index contributed by atoms with van der Waals surface area (Å²) in [5.41, 5.74) is 11.4. The Balaban J connectivity index is 0.797. The number of carbonyl (C=O) groups is 4. The van der Waals surface area contributed by atoms with Gasteiger partial charge in [0.2, 0.25) is 5.91 Å². The summed E-state index contributed by atoms with van der Waals surface area (Å²) in [7, 11) is 2.74. The van der Waals surface area contributed by atoms with E-state index in [-0.39, 0.29) is 35.4 Å². The van der Waals surface area contributed by atoms with Gasteiger partial charge >= 0.3 is 12.2 Å². The van der Waals surface area contributed by atoms with Crippen LogP contribution in [0.2, 0.25) is 0 Å². The van der Waals surface area contributed by atoms with E-state index >= 15 is 0 Å². The molecule has 0 bridgehead atoms. The number of rotatable bonds is 12. The molecular formula is C49H53F3N10O6. The first kappa shape index (κ1) is 45.9. The summed E-state index contributed by atoms with van der Waals surface area (Å²) in [6.07, 6.45) is -1.46. The number of anilines is 5. The van der Waals surface area contributed by atoms with E-state index in [1.165, 1.54) is 14.2 Å². The Morgan fingerprint density at radius 1 is 0.779 bits per heavy atom. The summed E-state index contributed by atoms with van der Waals surface area (Å²) in [6.45, 7) is 7.62. The Morgan fingerprint density at radius 3 is 2.18 bits per heavy atom. The first-order valence-corrected chi connectivity index (χ1v) is 22.7. The number of ether oxygens (including phenoxy) is 2. The zero-order chi connectivity index (χ0) is 47.7. The van der Waals surface area contributed by atoms with Crippen molar-refractivity contribution in [1.82, 2.24) is 25.3 Å². The maximum absolute atomic E-state index is 13.4. The first-order valence-electron chi connectivity index (χ1n) is 22.7. The van der Waals surface area contributed by atoms with E-state index in [0.717, 1.165) is 105 Å². The van der Waals surface area contributed by atoms with Gasteiger partial charge < -0.3 is 35.6 Å². The molecule has 5 aromatic rings. The highest BCUT2D eigenvalue weighted by Gasteiger charge is 2.33. The Kier molecular flexibility index (Phi) is 12.9. The summed E-state index contributed by atoms with van der Waals surface area (Å²) in [5.74, 6) is -0.224. The lowest BCUT2D eigenvalue weighted by atomic mass is 9.95. The van der Waals surface area contributed by atoms with Crippen LogP contribution in [0.15, 0.2) is 78.9 Å². The molecule has 0 aliphatic carbocycles. The molecule has 4 aliphatic heterocycles. The maximum Gasteiger partial charge on any atom is 0.416 e. The number of methoxy groups -OCH3 is 2. The summed E-state index contributed by atoms with van der Waals surface area (Å²) >= 11 is 0. The van der Waals surface area contributed by atoms with Crippen LogP contribution in [0.4, 0.5) is 46.5 Å². The summed E-state index contributed by atoms with van der Waals surface area (Å²) in [4.78, 5) is 59.0. The lowest BCUT2D eigenvalue weighted by Gasteiger charge is -2.40. The third kappa shape index (κ3) is 9.60. The standard InChI is InChI=1S/C49H53F3N10O6/c1-67-40-12-4-33(49(50,51)52)27-38(40)47(65)54-28-31-3-10-37(41(25-31)68-2)44-43(45(53)64)46-55-39-11-9-36(26-32(39)15-20-62(46)57-44)60-23-21-58(22-24-60)29-30-13-17-59(18-14-30)34-5-7-35(8-6-34)61-19-16-42(63)56-48(61)66/h3-12,25-27,30,55H,13-24,28-29H2,1-2H3,(H2,53,64)(H,54,65)(H,56,63,66). The SMILES string of the molecule is COc1ccc(C(F)(F)F)cc1C(=O)NCc1ccc(-c2nn3c(c2C(N)=O)Nc2ccc(N4CCN(CC5CCN(c6ccc(N7CCC(=O)NC7=O)cc6)CC5)CC4)cc2CC3)c(OC)c1. The minimum absolute atomic E-state index is 0.00324. The van der Waals surface area contributed by atoms with E-state index in [1.54, 1.807) is 27.8 Å². The number of aryl methyl sites for hydroxylation is 2. The van der Waals surface area contributed by atoms with Crippen LogP contribution >= 0.6 is 0 Å². The molecule has 0 saturated carbocycles. The fourth-order valence-electron chi connectivity index (χ4n) is 9.59. The molecule has 5 amide bonds. The van der Waals surface area contributed by atoms with Gasteiger partial charge in [-0.05, 0) is 109 Å². The van der Waals surface area contributed by atoms with Crippen molar-refractivity contribution >= 4 is 52.3 Å². The van der Waals surface area contributed by atoms with Crippen LogP contribution in [0.25, 0.3) is 11.3 Å². The van der Waals surface area contributed by atoms with Crippen molar-refractivity contribution in [3.63, 3.8) is 0 Å². The van der Waals surface area contributed by atoms with Crippen LogP contribution in [0.1, 0.15) is 56.7 Å². The molecule has 4 aromatic carbocycles. The van der Waals surface area contributed by atoms with Gasteiger partial charge in [0.15, 0.2) is 0 Å². The second-order valence-electron chi connectivity index (χ2n) is 17.5. The van der Waals surface area contributed by atoms with Gasteiger partial charge in [0.05, 0.1) is 25.3 Å². The fourth-order valence-corrected chi connectivity index (χ4v) is 9.59. The highest BCUT2D eigenvalue weighted by atomic mass is 19.4. The smallest absolute Gasteiger partial charge is 0.416 e. The first-order chi connectivity index (χ1) is 32.8. The molecule has 356 valence electrons. The van der Waals surface area contributed by atoms with Crippen molar-refractivity contribution in [2.45, 2.75) is 44.9 Å². The number of fused-ring (bicyclic) bond motifs is 2. The molecule has 3 saturated heterocycles. The van der Waals surface area contributed by atoms with E-state index in [1.807, 2.05) is 18.2 Å². The van der Waals surface area contributed by atoms with Crippen LogP contribution in [0.5, 0.6) is 11.5 Å². The Labute approximate surface area is 391 Å². The summed E-state index contributed by atoms with van der Waals surface area (Å²) < 4.78 is 52.8. The van der Waals surface area contributed by atoms with Gasteiger partial charge in [0.25, 0.3) is 11.8 Å². The number of aromatic nitrogens is 2. The van der Waals surface area contributed by atoms with Crippen molar-refractivity contribution < 1.29 is 41.8 Å². The molecule has 0 atom stereocenters. The predicted molar refractivity (Wildman–Crippen MR) is 251 cm³/mol. The fraction of sp³-hybridized carbons (Fsp3) is 0.367. The van der Waals surface area contributed by atoms with E-state index in [4.69, 9.17) is 20.3 Å². The van der Waals surface area contributed by atoms with E-state index in [9.17, 15) is 32.3 Å². The predicted octanol–water partition coefficient (Wildman–Crippen LogP) is 6.40. The lowest BCUT2D eigenvalue weighted by Crippen LogP contribution is -2.49. The average Bonchev–Trinajstić information content (AvgIpc) is 3.60. The van der Waals surface area contributed by atoms with Crippen molar-refractivity contribution in [2.75, 3.05) is 86.6 Å². The number of nitrogens with one attached hydrogen (secondary N) is 3. The second kappa shape index (κ2) is 19.1. The minimum atomic E-state index is -4.64. The maximum atomic E-state index is 13.4. The van der Waals surface area contributed by atoms with Crippen molar-refractivity contribution in [2.24, 2.45) is 11.7 Å². The zero-order valence-corrected chi connectivity index (χ0v) is 37.8. The number of nitrogens with zero attached hydrogens (tertiary/aromatic N) is 6. The van der Waals surface area contributed by atoms with Crippen LogP contribution < -0.4 is 45.9 Å². The average molecular weight is 935 g/mol. The number of piperidine rings is 1. The molecule has 5 N–H and O–H groups in total. The third-order valence-electron chi connectivity index (χ3n) is 13.3. The molecule has 0 spiro atoms. The minimum Gasteiger partial charge on any atom is -0.496 e. The topological polar surface area (TPSA) is 180 Å². The van der Waals surface area contributed by atoms with Gasteiger partial charge in [-0.1, -0.05) is 6.07 Å². The normalized spacial score (nSPS) is 16.9. The highest BCUT2D eigenvalue weighted by molar-refractivity contribution is 6.06. The second-order valence-corrected chi connectivity index (χ2v) is 17.5. The number of alkyl halides is 3. The highest BCUT2D eigenvalue weighted by Crippen LogP contribution is 2.40. The number of imide groups is 1. The number of benzene rings is 4. The molecule has 3 fully saturated rings. The van der Waals surface area contributed by atoms with Crippen molar-refractivity contribution in [3.05, 3.63) is 107 Å². The molecular weight excluding hydrogens is 882 g/mol. The molecule has 16 nitrogen and oxygen atoms in total. The molecule has 1 aromatic heterocycles. The summed E-state index contributed by atoms with van der Waals surface area (Å²) in [6, 6.07) is 21.8. The van der Waals surface area contributed by atoms with Crippen LogP contribution in [-0.2, 0) is 30.5 Å². The number of hydrogen-bond acceptors (Lipinski definition) is 11. The van der Waals surface area contributed by atoms with Gasteiger partial charge in [0, 0.05) is 100 Å². The molecule has 9 rings (SSSR count). The lowest BCUT2D eigenvalue weighted by molar-refractivity contribution is -0.137. The number of hydrogen-bond donors (Lipinski definition) is 4. The molecule has 0 radical (unpaired) electrons. The number of halogens is 3. The largest absolute Gasteiger partial charge is 0.496 e. The molecule has 19 heteroatoms. The number of piperazine rings is 1. The Hall–Kier alpha value is -7.28. The Bertz CT molecular complexity index is 2730. The number of nitrogens with two attached hydrogens (primary N) is 1. The summed E-state index contributed by atoms with van der Waals surface area (Å²) in [5, 5.41) is 13.3. The van der Waals surface area contributed by atoms with Gasteiger partial charge in [0.1, 0.15) is 28.6 Å². The quantitative estimate of drug-likeness (QED) is 0.109. The monoisotopic (exact) mass is 934 g/mol.